The van der Waals surface area contributed by atoms with Crippen molar-refractivity contribution in [3.63, 3.8) is 0 Å². The van der Waals surface area contributed by atoms with Gasteiger partial charge in [-0.15, -0.1) is 10.2 Å². The summed E-state index contributed by atoms with van der Waals surface area (Å²) in [6, 6.07) is 0. The molecule has 0 aliphatic carbocycles. The summed E-state index contributed by atoms with van der Waals surface area (Å²) in [7, 11) is 3.58. The Kier molecular flexibility index (Phi) is 3.73. The first-order valence-electron chi connectivity index (χ1n) is 6.51. The molecule has 0 aliphatic heterocycles. The molecule has 0 fully saturated rings. The van der Waals surface area contributed by atoms with Crippen LogP contribution in [0.1, 0.15) is 5.82 Å². The summed E-state index contributed by atoms with van der Waals surface area (Å²) in [6.07, 6.45) is 5.13. The summed E-state index contributed by atoms with van der Waals surface area (Å²) < 4.78 is 7.03. The number of methoxy groups -OCH3 is 1. The fourth-order valence-corrected chi connectivity index (χ4v) is 1.97. The Hall–Kier alpha value is -2.55. The molecule has 0 bridgehead atoms. The van der Waals surface area contributed by atoms with Gasteiger partial charge in [0.2, 0.25) is 5.95 Å². The topological polar surface area (TPSA) is 97.6 Å². The first-order valence-corrected chi connectivity index (χ1v) is 6.51. The Labute approximate surface area is 121 Å². The van der Waals surface area contributed by atoms with Crippen molar-refractivity contribution in [2.24, 2.45) is 0 Å². The predicted octanol–water partition coefficient (Wildman–Crippen LogP) is 0.227. The second-order valence-corrected chi connectivity index (χ2v) is 4.63. The van der Waals surface area contributed by atoms with Gasteiger partial charge >= 0.3 is 0 Å². The van der Waals surface area contributed by atoms with Crippen LogP contribution < -0.4 is 4.90 Å². The van der Waals surface area contributed by atoms with Gasteiger partial charge in [0.05, 0.1) is 24.7 Å². The second kappa shape index (κ2) is 5.83. The molecule has 21 heavy (non-hydrogen) atoms. The van der Waals surface area contributed by atoms with Gasteiger partial charge in [0.1, 0.15) is 6.33 Å². The minimum atomic E-state index is 0.559. The van der Waals surface area contributed by atoms with Crippen molar-refractivity contribution in [3.8, 4) is 0 Å². The number of aromatic amines is 1. The Morgan fingerprint density at radius 2 is 2.29 bits per heavy atom. The molecule has 0 aromatic carbocycles. The van der Waals surface area contributed by atoms with Crippen LogP contribution in [0, 0.1) is 0 Å². The van der Waals surface area contributed by atoms with Crippen LogP contribution in [0.2, 0.25) is 0 Å². The highest BCUT2D eigenvalue weighted by atomic mass is 16.5. The zero-order valence-electron chi connectivity index (χ0n) is 11.9. The van der Waals surface area contributed by atoms with E-state index in [4.69, 9.17) is 4.74 Å². The standard InChI is InChI=1S/C12H16N8O/c1-19(7-10-17-15-8-20(10)3-4-21-2)12-13-5-9-6-14-18-11(9)16-12/h5-6,8H,3-4,7H2,1-2H3,(H,13,14,16,18). The van der Waals surface area contributed by atoms with Crippen LogP contribution in [-0.2, 0) is 17.8 Å². The Morgan fingerprint density at radius 1 is 1.38 bits per heavy atom. The number of H-pyrrole nitrogens is 1. The van der Waals surface area contributed by atoms with E-state index in [9.17, 15) is 0 Å². The van der Waals surface area contributed by atoms with E-state index in [1.165, 1.54) is 0 Å². The second-order valence-electron chi connectivity index (χ2n) is 4.63. The van der Waals surface area contributed by atoms with Crippen molar-refractivity contribution < 1.29 is 4.74 Å². The molecular weight excluding hydrogens is 272 g/mol. The van der Waals surface area contributed by atoms with E-state index >= 15 is 0 Å². The minimum absolute atomic E-state index is 0.559. The predicted molar refractivity (Wildman–Crippen MR) is 75.7 cm³/mol. The highest BCUT2D eigenvalue weighted by molar-refractivity contribution is 5.73. The molecule has 9 heteroatoms. The quantitative estimate of drug-likeness (QED) is 0.693. The average molecular weight is 288 g/mol. The molecule has 0 atom stereocenters. The molecule has 3 rings (SSSR count). The third-order valence-electron chi connectivity index (χ3n) is 3.13. The van der Waals surface area contributed by atoms with Gasteiger partial charge in [0, 0.05) is 26.9 Å². The zero-order chi connectivity index (χ0) is 14.7. The van der Waals surface area contributed by atoms with E-state index in [1.54, 1.807) is 25.8 Å². The number of fused-ring (bicyclic) bond motifs is 1. The molecule has 0 radical (unpaired) electrons. The lowest BCUT2D eigenvalue weighted by Crippen LogP contribution is -2.22. The van der Waals surface area contributed by atoms with Crippen LogP contribution in [0.4, 0.5) is 5.95 Å². The van der Waals surface area contributed by atoms with Crippen LogP contribution >= 0.6 is 0 Å². The van der Waals surface area contributed by atoms with E-state index in [0.717, 1.165) is 11.2 Å². The molecule has 110 valence electrons. The number of nitrogens with one attached hydrogen (secondary N) is 1. The maximum absolute atomic E-state index is 5.07. The molecule has 0 unspecified atom stereocenters. The molecule has 0 amide bonds. The maximum Gasteiger partial charge on any atom is 0.227 e. The SMILES string of the molecule is COCCn1cnnc1CN(C)c1ncc2cn[nH]c2n1. The smallest absolute Gasteiger partial charge is 0.227 e. The Bertz CT molecular complexity index is 721. The van der Waals surface area contributed by atoms with Crippen molar-refractivity contribution in [1.29, 1.82) is 0 Å². The number of rotatable bonds is 6. The molecule has 0 spiro atoms. The number of hydrogen-bond donors (Lipinski definition) is 1. The van der Waals surface area contributed by atoms with E-state index in [0.29, 0.717) is 31.3 Å². The summed E-state index contributed by atoms with van der Waals surface area (Å²) in [5, 5.41) is 15.7. The molecule has 3 heterocycles. The van der Waals surface area contributed by atoms with Crippen molar-refractivity contribution in [3.05, 3.63) is 24.5 Å². The summed E-state index contributed by atoms with van der Waals surface area (Å²) in [5.41, 5.74) is 0.715. The number of anilines is 1. The van der Waals surface area contributed by atoms with E-state index < -0.39 is 0 Å². The lowest BCUT2D eigenvalue weighted by molar-refractivity contribution is 0.186. The van der Waals surface area contributed by atoms with Gasteiger partial charge in [-0.25, -0.2) is 4.98 Å². The van der Waals surface area contributed by atoms with Crippen molar-refractivity contribution in [1.82, 2.24) is 34.9 Å². The average Bonchev–Trinajstić information content (AvgIpc) is 3.13. The monoisotopic (exact) mass is 288 g/mol. The Balaban J connectivity index is 1.76. The molecule has 1 N–H and O–H groups in total. The van der Waals surface area contributed by atoms with Gasteiger partial charge in [-0.1, -0.05) is 0 Å². The first kappa shape index (κ1) is 13.4. The van der Waals surface area contributed by atoms with Crippen molar-refractivity contribution in [2.45, 2.75) is 13.1 Å². The number of nitrogens with zero attached hydrogens (tertiary/aromatic N) is 7. The third kappa shape index (κ3) is 2.82. The number of hydrogen-bond acceptors (Lipinski definition) is 7. The highest BCUT2D eigenvalue weighted by Gasteiger charge is 2.11. The maximum atomic E-state index is 5.07. The van der Waals surface area contributed by atoms with E-state index in [2.05, 4.69) is 30.4 Å². The van der Waals surface area contributed by atoms with Crippen molar-refractivity contribution in [2.75, 3.05) is 25.7 Å². The third-order valence-corrected chi connectivity index (χ3v) is 3.13. The lowest BCUT2D eigenvalue weighted by atomic mass is 10.4. The molecular formula is C12H16N8O. The lowest BCUT2D eigenvalue weighted by Gasteiger charge is -2.16. The highest BCUT2D eigenvalue weighted by Crippen LogP contribution is 2.13. The number of aromatic nitrogens is 7. The molecule has 0 saturated heterocycles. The van der Waals surface area contributed by atoms with Crippen molar-refractivity contribution >= 4 is 17.0 Å². The van der Waals surface area contributed by atoms with Gasteiger partial charge in [-0.3, -0.25) is 5.10 Å². The molecule has 3 aromatic rings. The van der Waals surface area contributed by atoms with Gasteiger partial charge in [0.15, 0.2) is 11.5 Å². The zero-order valence-corrected chi connectivity index (χ0v) is 11.9. The van der Waals surface area contributed by atoms with E-state index in [1.807, 2.05) is 16.5 Å². The Morgan fingerprint density at radius 3 is 3.14 bits per heavy atom. The van der Waals surface area contributed by atoms with E-state index in [-0.39, 0.29) is 0 Å². The molecule has 9 nitrogen and oxygen atoms in total. The van der Waals surface area contributed by atoms with Crippen LogP contribution in [0.15, 0.2) is 18.7 Å². The van der Waals surface area contributed by atoms with Gasteiger partial charge in [0.25, 0.3) is 0 Å². The van der Waals surface area contributed by atoms with Crippen LogP contribution in [0.25, 0.3) is 11.0 Å². The summed E-state index contributed by atoms with van der Waals surface area (Å²) in [5.74, 6) is 1.44. The van der Waals surface area contributed by atoms with Crippen LogP contribution in [-0.4, -0.2) is 55.7 Å². The van der Waals surface area contributed by atoms with Gasteiger partial charge < -0.3 is 14.2 Å². The summed E-state index contributed by atoms with van der Waals surface area (Å²) >= 11 is 0. The van der Waals surface area contributed by atoms with Crippen LogP contribution in [0.3, 0.4) is 0 Å². The summed E-state index contributed by atoms with van der Waals surface area (Å²) in [4.78, 5) is 10.7. The summed E-state index contributed by atoms with van der Waals surface area (Å²) in [6.45, 7) is 1.89. The van der Waals surface area contributed by atoms with Crippen LogP contribution in [0.5, 0.6) is 0 Å². The van der Waals surface area contributed by atoms with Gasteiger partial charge in [-0.2, -0.15) is 10.1 Å². The molecule has 3 aromatic heterocycles. The largest absolute Gasteiger partial charge is 0.383 e. The van der Waals surface area contributed by atoms with Gasteiger partial charge in [-0.05, 0) is 0 Å². The molecule has 0 saturated carbocycles. The normalized spacial score (nSPS) is 11.1. The number of ether oxygens (including phenoxy) is 1. The molecule has 0 aliphatic rings. The fourth-order valence-electron chi connectivity index (χ4n) is 1.97. The fraction of sp³-hybridized carbons (Fsp3) is 0.417. The minimum Gasteiger partial charge on any atom is -0.383 e. The first-order chi connectivity index (χ1) is 10.3.